The third kappa shape index (κ3) is 3.36. The van der Waals surface area contributed by atoms with E-state index in [-0.39, 0.29) is 0 Å². The maximum atomic E-state index is 12.6. The summed E-state index contributed by atoms with van der Waals surface area (Å²) in [6, 6.07) is 5.22. The summed E-state index contributed by atoms with van der Waals surface area (Å²) >= 11 is 0. The number of H-pyrrole nitrogens is 1. The van der Waals surface area contributed by atoms with Gasteiger partial charge in [-0.25, -0.2) is 4.98 Å². The van der Waals surface area contributed by atoms with Crippen molar-refractivity contribution in [1.29, 1.82) is 0 Å². The Bertz CT molecular complexity index is 544. The molecule has 1 aromatic heterocycles. The number of unbranched alkanes of at least 4 members (excludes halogenated alkanes) is 1. The summed E-state index contributed by atoms with van der Waals surface area (Å²) in [5, 5.41) is 0. The van der Waals surface area contributed by atoms with E-state index < -0.39 is 11.7 Å². The molecular weight excluding hydrogens is 253 g/mol. The van der Waals surface area contributed by atoms with Crippen LogP contribution in [0.25, 0.3) is 11.3 Å². The van der Waals surface area contributed by atoms with Crippen LogP contribution >= 0.6 is 0 Å². The van der Waals surface area contributed by atoms with Crippen molar-refractivity contribution in [2.45, 2.75) is 32.4 Å². The Labute approximate surface area is 109 Å². The van der Waals surface area contributed by atoms with Crippen LogP contribution in [0.3, 0.4) is 0 Å². The van der Waals surface area contributed by atoms with Crippen molar-refractivity contribution >= 4 is 0 Å². The third-order valence-corrected chi connectivity index (χ3v) is 2.88. The van der Waals surface area contributed by atoms with Crippen LogP contribution in [0.15, 0.2) is 30.5 Å². The molecule has 0 unspecified atom stereocenters. The van der Waals surface area contributed by atoms with Gasteiger partial charge in [-0.1, -0.05) is 25.5 Å². The normalized spacial score (nSPS) is 11.8. The molecule has 1 heterocycles. The quantitative estimate of drug-likeness (QED) is 0.872. The van der Waals surface area contributed by atoms with Crippen molar-refractivity contribution in [3.8, 4) is 11.3 Å². The summed E-state index contributed by atoms with van der Waals surface area (Å²) in [6.45, 7) is 2.08. The number of halogens is 3. The van der Waals surface area contributed by atoms with Gasteiger partial charge < -0.3 is 4.98 Å². The van der Waals surface area contributed by atoms with Gasteiger partial charge in [-0.15, -0.1) is 0 Å². The lowest BCUT2D eigenvalue weighted by Gasteiger charge is -2.07. The Morgan fingerprint density at radius 3 is 2.74 bits per heavy atom. The van der Waals surface area contributed by atoms with Crippen LogP contribution in [0.5, 0.6) is 0 Å². The molecule has 0 saturated heterocycles. The summed E-state index contributed by atoms with van der Waals surface area (Å²) < 4.78 is 37.9. The second kappa shape index (κ2) is 5.47. The number of aromatic amines is 1. The van der Waals surface area contributed by atoms with E-state index in [1.54, 1.807) is 12.3 Å². The average Bonchev–Trinajstić information content (AvgIpc) is 2.84. The lowest BCUT2D eigenvalue weighted by Crippen LogP contribution is -2.04. The van der Waals surface area contributed by atoms with E-state index in [2.05, 4.69) is 16.9 Å². The van der Waals surface area contributed by atoms with Crippen LogP contribution in [0.2, 0.25) is 0 Å². The Morgan fingerprint density at radius 2 is 2.05 bits per heavy atom. The molecule has 5 heteroatoms. The van der Waals surface area contributed by atoms with Gasteiger partial charge in [0.25, 0.3) is 0 Å². The number of aryl methyl sites for hydroxylation is 1. The molecule has 0 aliphatic carbocycles. The molecule has 0 radical (unpaired) electrons. The van der Waals surface area contributed by atoms with E-state index in [1.807, 2.05) is 0 Å². The van der Waals surface area contributed by atoms with Crippen molar-refractivity contribution in [3.05, 3.63) is 41.9 Å². The maximum absolute atomic E-state index is 12.6. The molecule has 19 heavy (non-hydrogen) atoms. The third-order valence-electron chi connectivity index (χ3n) is 2.88. The highest BCUT2D eigenvalue weighted by Crippen LogP contribution is 2.31. The molecule has 2 nitrogen and oxygen atoms in total. The van der Waals surface area contributed by atoms with Gasteiger partial charge in [-0.05, 0) is 18.6 Å². The Kier molecular flexibility index (Phi) is 3.93. The fourth-order valence-corrected chi connectivity index (χ4v) is 1.84. The van der Waals surface area contributed by atoms with Crippen LogP contribution in [0.4, 0.5) is 13.2 Å². The first-order chi connectivity index (χ1) is 9.00. The number of rotatable bonds is 4. The standard InChI is InChI=1S/C14H15F3N2/c1-2-3-7-13-18-9-12(19-13)10-5-4-6-11(8-10)14(15,16)17/h4-6,8-9H,2-3,7H2,1H3,(H,18,19). The number of benzene rings is 1. The Hall–Kier alpha value is -1.78. The van der Waals surface area contributed by atoms with Gasteiger partial charge in [0, 0.05) is 18.2 Å². The van der Waals surface area contributed by atoms with E-state index in [0.717, 1.165) is 37.2 Å². The monoisotopic (exact) mass is 268 g/mol. The highest BCUT2D eigenvalue weighted by molar-refractivity contribution is 5.59. The highest BCUT2D eigenvalue weighted by Gasteiger charge is 2.30. The molecule has 0 aliphatic heterocycles. The number of imidazole rings is 1. The first-order valence-electron chi connectivity index (χ1n) is 6.22. The molecule has 0 spiro atoms. The average molecular weight is 268 g/mol. The van der Waals surface area contributed by atoms with Gasteiger partial charge >= 0.3 is 6.18 Å². The second-order valence-electron chi connectivity index (χ2n) is 4.41. The van der Waals surface area contributed by atoms with Crippen LogP contribution in [0.1, 0.15) is 31.2 Å². The van der Waals surface area contributed by atoms with Crippen molar-refractivity contribution in [2.75, 3.05) is 0 Å². The van der Waals surface area contributed by atoms with Crippen molar-refractivity contribution < 1.29 is 13.2 Å². The minimum absolute atomic E-state index is 0.480. The van der Waals surface area contributed by atoms with Gasteiger partial charge in [-0.3, -0.25) is 0 Å². The second-order valence-corrected chi connectivity index (χ2v) is 4.41. The van der Waals surface area contributed by atoms with Gasteiger partial charge in [0.1, 0.15) is 5.82 Å². The zero-order valence-electron chi connectivity index (χ0n) is 10.6. The lowest BCUT2D eigenvalue weighted by molar-refractivity contribution is -0.137. The molecule has 0 atom stereocenters. The van der Waals surface area contributed by atoms with E-state index in [1.165, 1.54) is 6.07 Å². The molecule has 2 aromatic rings. The summed E-state index contributed by atoms with van der Waals surface area (Å²) in [5.41, 5.74) is 0.383. The first-order valence-corrected chi connectivity index (χ1v) is 6.22. The number of alkyl halides is 3. The molecule has 0 saturated carbocycles. The fourth-order valence-electron chi connectivity index (χ4n) is 1.84. The molecule has 2 rings (SSSR count). The van der Waals surface area contributed by atoms with E-state index in [9.17, 15) is 13.2 Å². The number of nitrogens with one attached hydrogen (secondary N) is 1. The minimum atomic E-state index is -4.32. The van der Waals surface area contributed by atoms with Crippen LogP contribution < -0.4 is 0 Å². The van der Waals surface area contributed by atoms with Gasteiger partial charge in [-0.2, -0.15) is 13.2 Å². The lowest BCUT2D eigenvalue weighted by atomic mass is 10.1. The van der Waals surface area contributed by atoms with Crippen molar-refractivity contribution in [2.24, 2.45) is 0 Å². The van der Waals surface area contributed by atoms with Crippen LogP contribution in [0, 0.1) is 0 Å². The maximum Gasteiger partial charge on any atom is 0.416 e. The Balaban J connectivity index is 2.24. The Morgan fingerprint density at radius 1 is 1.26 bits per heavy atom. The first kappa shape index (κ1) is 13.6. The zero-order chi connectivity index (χ0) is 13.9. The summed E-state index contributed by atoms with van der Waals surface area (Å²) in [5.74, 6) is 0.814. The molecule has 1 aromatic carbocycles. The SMILES string of the molecule is CCCCc1nc(-c2cccc(C(F)(F)F)c2)c[nH]1. The number of nitrogens with zero attached hydrogens (tertiary/aromatic N) is 1. The minimum Gasteiger partial charge on any atom is -0.348 e. The number of hydrogen-bond donors (Lipinski definition) is 1. The van der Waals surface area contributed by atoms with Gasteiger partial charge in [0.2, 0.25) is 0 Å². The molecule has 102 valence electrons. The van der Waals surface area contributed by atoms with Gasteiger partial charge in [0.15, 0.2) is 0 Å². The highest BCUT2D eigenvalue weighted by atomic mass is 19.4. The van der Waals surface area contributed by atoms with Gasteiger partial charge in [0.05, 0.1) is 11.3 Å². The summed E-state index contributed by atoms with van der Waals surface area (Å²) in [4.78, 5) is 7.32. The molecule has 0 amide bonds. The largest absolute Gasteiger partial charge is 0.416 e. The van der Waals surface area contributed by atoms with Crippen molar-refractivity contribution in [1.82, 2.24) is 9.97 Å². The summed E-state index contributed by atoms with van der Waals surface area (Å²) in [7, 11) is 0. The molecule has 1 N–H and O–H groups in total. The van der Waals surface area contributed by atoms with Crippen LogP contribution in [-0.4, -0.2) is 9.97 Å². The number of aromatic nitrogens is 2. The number of hydrogen-bond acceptors (Lipinski definition) is 1. The topological polar surface area (TPSA) is 28.7 Å². The van der Waals surface area contributed by atoms with E-state index in [4.69, 9.17) is 0 Å². The molecular formula is C14H15F3N2. The van der Waals surface area contributed by atoms with Crippen LogP contribution in [-0.2, 0) is 12.6 Å². The molecule has 0 fully saturated rings. The van der Waals surface area contributed by atoms with E-state index in [0.29, 0.717) is 11.3 Å². The van der Waals surface area contributed by atoms with E-state index >= 15 is 0 Å². The smallest absolute Gasteiger partial charge is 0.348 e. The predicted molar refractivity (Wildman–Crippen MR) is 67.6 cm³/mol. The van der Waals surface area contributed by atoms with Crippen molar-refractivity contribution in [3.63, 3.8) is 0 Å². The summed E-state index contributed by atoms with van der Waals surface area (Å²) in [6.07, 6.45) is 0.211. The molecule has 0 bridgehead atoms. The molecule has 0 aliphatic rings. The zero-order valence-corrected chi connectivity index (χ0v) is 10.6. The fraction of sp³-hybridized carbons (Fsp3) is 0.357. The predicted octanol–water partition coefficient (Wildman–Crippen LogP) is 4.44.